The molecule has 0 aromatic carbocycles. The van der Waals surface area contributed by atoms with E-state index in [1.807, 2.05) is 0 Å². The van der Waals surface area contributed by atoms with Crippen LogP contribution in [0.15, 0.2) is 25.3 Å². The van der Waals surface area contributed by atoms with Gasteiger partial charge in [-0.3, -0.25) is 0 Å². The Kier molecular flexibility index (Phi) is 13.2. The molecule has 3 aliphatic rings. The average molecular weight is 541 g/mol. The van der Waals surface area contributed by atoms with Crippen LogP contribution in [0.4, 0.5) is 8.78 Å². The van der Waals surface area contributed by atoms with Crippen molar-refractivity contribution in [2.75, 3.05) is 26.4 Å². The number of esters is 2. The molecule has 0 heterocycles. The fourth-order valence-corrected chi connectivity index (χ4v) is 6.64. The Morgan fingerprint density at radius 2 is 1.11 bits per heavy atom. The summed E-state index contributed by atoms with van der Waals surface area (Å²) in [4.78, 5) is 22.1. The lowest BCUT2D eigenvalue weighted by atomic mass is 9.65. The monoisotopic (exact) mass is 540 g/mol. The zero-order valence-corrected chi connectivity index (χ0v) is 22.7. The lowest BCUT2D eigenvalue weighted by molar-refractivity contribution is -0.139. The summed E-state index contributed by atoms with van der Waals surface area (Å²) in [6.45, 7) is 8.31. The van der Waals surface area contributed by atoms with Gasteiger partial charge in [-0.15, -0.1) is 0 Å². The minimum atomic E-state index is -0.950. The van der Waals surface area contributed by atoms with E-state index in [0.717, 1.165) is 63.5 Å². The lowest BCUT2D eigenvalue weighted by Crippen LogP contribution is -2.41. The number of halogens is 2. The minimum Gasteiger partial charge on any atom is -0.462 e. The molecule has 0 aromatic heterocycles. The molecule has 0 aromatic rings. The molecular formula is C30H46F2O6. The van der Waals surface area contributed by atoms with Gasteiger partial charge in [-0.05, 0) is 81.5 Å². The Morgan fingerprint density at radius 1 is 0.632 bits per heavy atom. The maximum atomic E-state index is 15.4. The van der Waals surface area contributed by atoms with Crippen LogP contribution in [0, 0.1) is 23.7 Å². The quantitative estimate of drug-likeness (QED) is 0.151. The molecule has 8 heteroatoms. The molecule has 38 heavy (non-hydrogen) atoms. The first kappa shape index (κ1) is 30.7. The van der Waals surface area contributed by atoms with E-state index in [-0.39, 0.29) is 36.6 Å². The highest BCUT2D eigenvalue weighted by atomic mass is 19.1. The van der Waals surface area contributed by atoms with Crippen LogP contribution in [0.2, 0.25) is 0 Å². The largest absolute Gasteiger partial charge is 0.462 e. The van der Waals surface area contributed by atoms with Gasteiger partial charge in [0.1, 0.15) is 12.3 Å². The van der Waals surface area contributed by atoms with E-state index in [1.54, 1.807) is 0 Å². The maximum Gasteiger partial charge on any atom is 0.330 e. The fraction of sp³-hybridized carbons (Fsp3) is 0.800. The van der Waals surface area contributed by atoms with Crippen molar-refractivity contribution < 1.29 is 37.3 Å². The minimum absolute atomic E-state index is 0.0718. The Hall–Kier alpha value is -1.80. The van der Waals surface area contributed by atoms with Gasteiger partial charge in [0, 0.05) is 31.4 Å². The van der Waals surface area contributed by atoms with Crippen molar-refractivity contribution in [3.05, 3.63) is 25.3 Å². The molecule has 0 amide bonds. The molecule has 6 unspecified atom stereocenters. The van der Waals surface area contributed by atoms with E-state index in [2.05, 4.69) is 13.2 Å². The predicted octanol–water partition coefficient (Wildman–Crippen LogP) is 6.08. The molecule has 0 saturated heterocycles. The highest BCUT2D eigenvalue weighted by Gasteiger charge is 2.43. The summed E-state index contributed by atoms with van der Waals surface area (Å²) < 4.78 is 52.1. The summed E-state index contributed by atoms with van der Waals surface area (Å²) >= 11 is 0. The van der Waals surface area contributed by atoms with Crippen LogP contribution in [0.3, 0.4) is 0 Å². The van der Waals surface area contributed by atoms with E-state index in [4.69, 9.17) is 18.9 Å². The Morgan fingerprint density at radius 3 is 1.66 bits per heavy atom. The molecule has 6 nitrogen and oxygen atoms in total. The van der Waals surface area contributed by atoms with Crippen LogP contribution in [-0.2, 0) is 28.5 Å². The number of rotatable bonds is 14. The smallest absolute Gasteiger partial charge is 0.330 e. The Balaban J connectivity index is 1.30. The SMILES string of the molecule is C=CC(=O)OCCCOC1CCC(C2CCC(C3CCC(OCCCOC(=O)C=C)CC3F)CC2F)CC1. The summed E-state index contributed by atoms with van der Waals surface area (Å²) in [7, 11) is 0. The van der Waals surface area contributed by atoms with Gasteiger partial charge in [0.2, 0.25) is 0 Å². The topological polar surface area (TPSA) is 71.1 Å². The molecule has 0 spiro atoms. The van der Waals surface area contributed by atoms with Crippen molar-refractivity contribution in [2.24, 2.45) is 23.7 Å². The molecule has 3 aliphatic carbocycles. The van der Waals surface area contributed by atoms with E-state index in [1.165, 1.54) is 0 Å². The van der Waals surface area contributed by atoms with Crippen LogP contribution < -0.4 is 0 Å². The van der Waals surface area contributed by atoms with Crippen LogP contribution >= 0.6 is 0 Å². The summed E-state index contributed by atoms with van der Waals surface area (Å²) in [6.07, 6.45) is 9.80. The van der Waals surface area contributed by atoms with E-state index < -0.39 is 24.3 Å². The van der Waals surface area contributed by atoms with Gasteiger partial charge < -0.3 is 18.9 Å². The predicted molar refractivity (Wildman–Crippen MR) is 141 cm³/mol. The van der Waals surface area contributed by atoms with Crippen molar-refractivity contribution in [1.29, 1.82) is 0 Å². The second-order valence-corrected chi connectivity index (χ2v) is 11.1. The third-order valence-corrected chi connectivity index (χ3v) is 8.67. The maximum absolute atomic E-state index is 15.4. The second kappa shape index (κ2) is 16.3. The van der Waals surface area contributed by atoms with Crippen LogP contribution in [-0.4, -0.2) is 62.9 Å². The van der Waals surface area contributed by atoms with Gasteiger partial charge >= 0.3 is 11.9 Å². The first-order valence-electron chi connectivity index (χ1n) is 14.5. The number of carbonyl (C=O) groups is 2. The molecular weight excluding hydrogens is 494 g/mol. The molecule has 3 saturated carbocycles. The zero-order valence-electron chi connectivity index (χ0n) is 22.7. The highest BCUT2D eigenvalue weighted by molar-refractivity contribution is 5.81. The van der Waals surface area contributed by atoms with Gasteiger partial charge in [0.05, 0.1) is 38.6 Å². The highest BCUT2D eigenvalue weighted by Crippen LogP contribution is 2.47. The number of hydrogen-bond donors (Lipinski definition) is 0. The average Bonchev–Trinajstić information content (AvgIpc) is 2.92. The van der Waals surface area contributed by atoms with Crippen LogP contribution in [0.25, 0.3) is 0 Å². The second-order valence-electron chi connectivity index (χ2n) is 11.1. The molecule has 0 aliphatic heterocycles. The zero-order chi connectivity index (χ0) is 27.3. The van der Waals surface area contributed by atoms with Crippen molar-refractivity contribution in [2.45, 2.75) is 102 Å². The van der Waals surface area contributed by atoms with Crippen LogP contribution in [0.5, 0.6) is 0 Å². The van der Waals surface area contributed by atoms with Gasteiger partial charge in [0.25, 0.3) is 0 Å². The summed E-state index contributed by atoms with van der Waals surface area (Å²) in [6, 6.07) is 0. The molecule has 216 valence electrons. The standard InChI is InChI=1S/C30H46F2O6/c1-3-29(33)37-17-5-15-35-23-10-7-21(8-11-23)25-13-9-22(19-27(25)31)26-14-12-24(20-28(26)32)36-16-6-18-38-30(34)4-2/h3-4,21-28H,1-2,5-20H2. The lowest BCUT2D eigenvalue weighted by Gasteiger charge is -2.43. The van der Waals surface area contributed by atoms with E-state index >= 15 is 8.78 Å². The summed E-state index contributed by atoms with van der Waals surface area (Å²) in [5.41, 5.74) is 0. The first-order chi connectivity index (χ1) is 18.4. The normalized spacial score (nSPS) is 33.7. The van der Waals surface area contributed by atoms with Crippen molar-refractivity contribution >= 4 is 11.9 Å². The molecule has 3 fully saturated rings. The number of hydrogen-bond acceptors (Lipinski definition) is 6. The molecule has 0 N–H and O–H groups in total. The number of ether oxygens (including phenoxy) is 4. The van der Waals surface area contributed by atoms with E-state index in [9.17, 15) is 9.59 Å². The van der Waals surface area contributed by atoms with Crippen molar-refractivity contribution in [1.82, 2.24) is 0 Å². The molecule has 0 bridgehead atoms. The van der Waals surface area contributed by atoms with Crippen molar-refractivity contribution in [3.63, 3.8) is 0 Å². The fourth-order valence-electron chi connectivity index (χ4n) is 6.64. The number of carbonyl (C=O) groups excluding carboxylic acids is 2. The van der Waals surface area contributed by atoms with Gasteiger partial charge in [-0.1, -0.05) is 13.2 Å². The van der Waals surface area contributed by atoms with Gasteiger partial charge in [-0.25, -0.2) is 18.4 Å². The summed E-state index contributed by atoms with van der Waals surface area (Å²) in [5, 5.41) is 0. The van der Waals surface area contributed by atoms with Crippen LogP contribution in [0.1, 0.15) is 77.0 Å². The van der Waals surface area contributed by atoms with E-state index in [0.29, 0.717) is 51.4 Å². The molecule has 3 rings (SSSR count). The summed E-state index contributed by atoms with van der Waals surface area (Å²) in [5.74, 6) is -0.354. The Labute approximate surface area is 226 Å². The third kappa shape index (κ3) is 9.74. The van der Waals surface area contributed by atoms with Gasteiger partial charge in [0.15, 0.2) is 0 Å². The molecule has 6 atom stereocenters. The molecule has 0 radical (unpaired) electrons. The number of alkyl halides is 2. The van der Waals surface area contributed by atoms with Crippen molar-refractivity contribution in [3.8, 4) is 0 Å². The Bertz CT molecular complexity index is 753. The first-order valence-corrected chi connectivity index (χ1v) is 14.5. The van der Waals surface area contributed by atoms with Gasteiger partial charge in [-0.2, -0.15) is 0 Å². The third-order valence-electron chi connectivity index (χ3n) is 8.67.